The quantitative estimate of drug-likeness (QED) is 0.917. The van der Waals surface area contributed by atoms with E-state index in [1.165, 1.54) is 12.1 Å². The van der Waals surface area contributed by atoms with Gasteiger partial charge in [-0.1, -0.05) is 12.1 Å². The monoisotopic (exact) mass is 279 g/mol. The molecular weight excluding hydrogens is 253 g/mol. The second kappa shape index (κ2) is 6.66. The first-order valence-electron chi connectivity index (χ1n) is 7.48. The number of piperazine rings is 1. The van der Waals surface area contributed by atoms with Gasteiger partial charge in [-0.05, 0) is 38.5 Å². The van der Waals surface area contributed by atoms with Crippen molar-refractivity contribution in [1.29, 1.82) is 0 Å². The van der Waals surface area contributed by atoms with Gasteiger partial charge in [0.25, 0.3) is 0 Å². The lowest BCUT2D eigenvalue weighted by Crippen LogP contribution is -2.52. The summed E-state index contributed by atoms with van der Waals surface area (Å²) in [4.78, 5) is 4.91. The Balaban J connectivity index is 2.09. The second-order valence-corrected chi connectivity index (χ2v) is 6.02. The number of halogens is 1. The molecule has 0 amide bonds. The van der Waals surface area contributed by atoms with Gasteiger partial charge in [-0.2, -0.15) is 0 Å². The van der Waals surface area contributed by atoms with E-state index in [4.69, 9.17) is 5.73 Å². The first kappa shape index (κ1) is 15.4. The van der Waals surface area contributed by atoms with Crippen LogP contribution in [-0.4, -0.2) is 48.1 Å². The maximum absolute atomic E-state index is 13.1. The van der Waals surface area contributed by atoms with Crippen LogP contribution in [0.5, 0.6) is 0 Å². The summed E-state index contributed by atoms with van der Waals surface area (Å²) in [7, 11) is 0. The van der Waals surface area contributed by atoms with Crippen molar-refractivity contribution in [2.24, 2.45) is 5.73 Å². The summed E-state index contributed by atoms with van der Waals surface area (Å²) in [6, 6.07) is 7.56. The van der Waals surface area contributed by atoms with Crippen LogP contribution in [0.15, 0.2) is 24.3 Å². The van der Waals surface area contributed by atoms with Gasteiger partial charge < -0.3 is 5.73 Å². The van der Waals surface area contributed by atoms with Crippen molar-refractivity contribution in [2.75, 3.05) is 26.2 Å². The van der Waals surface area contributed by atoms with E-state index >= 15 is 0 Å². The van der Waals surface area contributed by atoms with E-state index in [1.807, 2.05) is 19.1 Å². The highest BCUT2D eigenvalue weighted by Crippen LogP contribution is 2.25. The molecule has 112 valence electrons. The molecule has 1 aliphatic heterocycles. The van der Waals surface area contributed by atoms with Gasteiger partial charge in [-0.3, -0.25) is 9.80 Å². The van der Waals surface area contributed by atoms with Crippen molar-refractivity contribution in [3.05, 3.63) is 35.6 Å². The first-order valence-corrected chi connectivity index (χ1v) is 7.48. The van der Waals surface area contributed by atoms with Crippen LogP contribution in [-0.2, 0) is 0 Å². The molecule has 1 fully saturated rings. The van der Waals surface area contributed by atoms with E-state index in [-0.39, 0.29) is 17.9 Å². The molecule has 4 heteroatoms. The van der Waals surface area contributed by atoms with Crippen LogP contribution in [0.4, 0.5) is 4.39 Å². The lowest BCUT2D eigenvalue weighted by atomic mass is 9.98. The molecule has 2 rings (SSSR count). The molecule has 0 bridgehead atoms. The normalized spacial score (nSPS) is 21.1. The molecule has 3 nitrogen and oxygen atoms in total. The van der Waals surface area contributed by atoms with Crippen molar-refractivity contribution in [3.8, 4) is 0 Å². The Morgan fingerprint density at radius 3 is 1.90 bits per heavy atom. The van der Waals surface area contributed by atoms with Crippen molar-refractivity contribution in [2.45, 2.75) is 38.9 Å². The summed E-state index contributed by atoms with van der Waals surface area (Å²) in [5, 5.41) is 0. The number of nitrogens with zero attached hydrogens (tertiary/aromatic N) is 2. The lowest BCUT2D eigenvalue weighted by Gasteiger charge is -2.42. The van der Waals surface area contributed by atoms with Gasteiger partial charge in [-0.25, -0.2) is 4.39 Å². The minimum absolute atomic E-state index is 0.0334. The van der Waals surface area contributed by atoms with Crippen LogP contribution in [0.2, 0.25) is 0 Å². The SMILES string of the molecule is CC(N)C(c1ccc(F)cc1)N1CCN(C(C)C)CC1. The lowest BCUT2D eigenvalue weighted by molar-refractivity contribution is 0.0705. The zero-order valence-electron chi connectivity index (χ0n) is 12.7. The maximum atomic E-state index is 13.1. The highest BCUT2D eigenvalue weighted by molar-refractivity contribution is 5.21. The molecule has 0 radical (unpaired) electrons. The van der Waals surface area contributed by atoms with Crippen LogP contribution >= 0.6 is 0 Å². The van der Waals surface area contributed by atoms with Gasteiger partial charge in [0.05, 0.1) is 0 Å². The topological polar surface area (TPSA) is 32.5 Å². The molecule has 1 aliphatic rings. The smallest absolute Gasteiger partial charge is 0.123 e. The van der Waals surface area contributed by atoms with E-state index in [9.17, 15) is 4.39 Å². The first-order chi connectivity index (χ1) is 9.49. The molecule has 1 aromatic carbocycles. The number of rotatable bonds is 4. The van der Waals surface area contributed by atoms with Crippen LogP contribution in [0.1, 0.15) is 32.4 Å². The number of nitrogens with two attached hydrogens (primary N) is 1. The molecule has 1 saturated heterocycles. The molecule has 0 aromatic heterocycles. The van der Waals surface area contributed by atoms with Crippen LogP contribution in [0.25, 0.3) is 0 Å². The fourth-order valence-electron chi connectivity index (χ4n) is 3.04. The highest BCUT2D eigenvalue weighted by Gasteiger charge is 2.28. The van der Waals surface area contributed by atoms with E-state index in [1.54, 1.807) is 0 Å². The van der Waals surface area contributed by atoms with Gasteiger partial charge in [0, 0.05) is 44.3 Å². The Bertz CT molecular complexity index is 408. The Morgan fingerprint density at radius 2 is 1.45 bits per heavy atom. The Labute approximate surface area is 121 Å². The summed E-state index contributed by atoms with van der Waals surface area (Å²) in [6.45, 7) is 10.7. The van der Waals surface area contributed by atoms with Crippen molar-refractivity contribution >= 4 is 0 Å². The molecule has 20 heavy (non-hydrogen) atoms. The molecule has 0 saturated carbocycles. The van der Waals surface area contributed by atoms with Crippen LogP contribution in [0, 0.1) is 5.82 Å². The van der Waals surface area contributed by atoms with Gasteiger partial charge >= 0.3 is 0 Å². The van der Waals surface area contributed by atoms with Gasteiger partial charge in [0.15, 0.2) is 0 Å². The molecule has 1 heterocycles. The number of benzene rings is 1. The Kier molecular flexibility index (Phi) is 5.13. The highest BCUT2D eigenvalue weighted by atomic mass is 19.1. The zero-order valence-corrected chi connectivity index (χ0v) is 12.7. The third-order valence-electron chi connectivity index (χ3n) is 4.18. The third kappa shape index (κ3) is 3.57. The van der Waals surface area contributed by atoms with Crippen LogP contribution < -0.4 is 5.73 Å². The molecule has 1 aromatic rings. The van der Waals surface area contributed by atoms with Crippen LogP contribution in [0.3, 0.4) is 0 Å². The summed E-state index contributed by atoms with van der Waals surface area (Å²) < 4.78 is 13.1. The van der Waals surface area contributed by atoms with Crippen molar-refractivity contribution in [1.82, 2.24) is 9.80 Å². The third-order valence-corrected chi connectivity index (χ3v) is 4.18. The van der Waals surface area contributed by atoms with Gasteiger partial charge in [-0.15, -0.1) is 0 Å². The second-order valence-electron chi connectivity index (χ2n) is 6.02. The largest absolute Gasteiger partial charge is 0.326 e. The summed E-state index contributed by atoms with van der Waals surface area (Å²) in [6.07, 6.45) is 0. The average Bonchev–Trinajstić information content (AvgIpc) is 2.41. The van der Waals surface area contributed by atoms with E-state index in [0.29, 0.717) is 6.04 Å². The Morgan fingerprint density at radius 1 is 0.950 bits per heavy atom. The fourth-order valence-corrected chi connectivity index (χ4v) is 3.04. The number of hydrogen-bond acceptors (Lipinski definition) is 3. The predicted octanol–water partition coefficient (Wildman–Crippen LogP) is 2.24. The van der Waals surface area contributed by atoms with Gasteiger partial charge in [0.2, 0.25) is 0 Å². The predicted molar refractivity (Wildman–Crippen MR) is 81.1 cm³/mol. The average molecular weight is 279 g/mol. The maximum Gasteiger partial charge on any atom is 0.123 e. The van der Waals surface area contributed by atoms with Crippen molar-refractivity contribution < 1.29 is 4.39 Å². The van der Waals surface area contributed by atoms with Gasteiger partial charge in [0.1, 0.15) is 5.82 Å². The molecule has 2 unspecified atom stereocenters. The van der Waals surface area contributed by atoms with E-state index < -0.39 is 0 Å². The minimum atomic E-state index is -0.193. The minimum Gasteiger partial charge on any atom is -0.326 e. The Hall–Kier alpha value is -0.970. The molecular formula is C16H26FN3. The molecule has 2 N–H and O–H groups in total. The van der Waals surface area contributed by atoms with E-state index in [0.717, 1.165) is 31.7 Å². The summed E-state index contributed by atoms with van der Waals surface area (Å²) in [5.41, 5.74) is 7.29. The molecule has 0 spiro atoms. The molecule has 2 atom stereocenters. The molecule has 0 aliphatic carbocycles. The standard InChI is InChI=1S/C16H26FN3/c1-12(2)19-8-10-20(11-9-19)16(13(3)18)14-4-6-15(17)7-5-14/h4-7,12-13,16H,8-11,18H2,1-3H3. The number of hydrogen-bond donors (Lipinski definition) is 1. The zero-order chi connectivity index (χ0) is 14.7. The fraction of sp³-hybridized carbons (Fsp3) is 0.625. The summed E-state index contributed by atoms with van der Waals surface area (Å²) >= 11 is 0. The summed E-state index contributed by atoms with van der Waals surface area (Å²) in [5.74, 6) is -0.193. The van der Waals surface area contributed by atoms with Crippen molar-refractivity contribution in [3.63, 3.8) is 0 Å². The van der Waals surface area contributed by atoms with E-state index in [2.05, 4.69) is 23.6 Å².